The third kappa shape index (κ3) is 4.46. The van der Waals surface area contributed by atoms with Crippen LogP contribution in [0.3, 0.4) is 0 Å². The lowest BCUT2D eigenvalue weighted by Gasteiger charge is -2.12. The molecule has 1 amide bonds. The van der Waals surface area contributed by atoms with Gasteiger partial charge in [0, 0.05) is 10.9 Å². The number of carbonyl (C=O) groups is 1. The summed E-state index contributed by atoms with van der Waals surface area (Å²) in [7, 11) is 1.63. The number of aromatic nitrogens is 1. The molecule has 3 aromatic rings. The van der Waals surface area contributed by atoms with Gasteiger partial charge >= 0.3 is 0 Å². The molecular formula is C21H22N2O3S. The highest BCUT2D eigenvalue weighted by molar-refractivity contribution is 7.14. The second-order valence-electron chi connectivity index (χ2n) is 6.28. The third-order valence-corrected chi connectivity index (χ3v) is 5.01. The summed E-state index contributed by atoms with van der Waals surface area (Å²) >= 11 is 1.37. The molecule has 1 heterocycles. The van der Waals surface area contributed by atoms with Gasteiger partial charge in [-0.05, 0) is 55.7 Å². The van der Waals surface area contributed by atoms with E-state index in [2.05, 4.69) is 16.4 Å². The average Bonchev–Trinajstić information content (AvgIpc) is 3.11. The smallest absolute Gasteiger partial charge is 0.264 e. The zero-order valence-corrected chi connectivity index (χ0v) is 16.6. The van der Waals surface area contributed by atoms with E-state index in [9.17, 15) is 4.79 Å². The summed E-state index contributed by atoms with van der Waals surface area (Å²) in [4.78, 5) is 16.7. The van der Waals surface area contributed by atoms with Crippen LogP contribution in [0.15, 0.2) is 41.8 Å². The molecule has 0 unspecified atom stereocenters. The Morgan fingerprint density at radius 2 is 1.93 bits per heavy atom. The molecule has 0 aliphatic heterocycles. The summed E-state index contributed by atoms with van der Waals surface area (Å²) in [5, 5.41) is 5.21. The highest BCUT2D eigenvalue weighted by atomic mass is 32.1. The first kappa shape index (κ1) is 18.9. The SMILES string of the molecule is COc1ccccc1-c1csc(NC(=O)COc2cc(C)cc(C)c2C)n1. The van der Waals surface area contributed by atoms with Gasteiger partial charge in [-0.2, -0.15) is 0 Å². The Labute approximate surface area is 163 Å². The van der Waals surface area contributed by atoms with Crippen molar-refractivity contribution in [1.29, 1.82) is 0 Å². The fraction of sp³-hybridized carbons (Fsp3) is 0.238. The monoisotopic (exact) mass is 382 g/mol. The number of nitrogens with zero attached hydrogens (tertiary/aromatic N) is 1. The van der Waals surface area contributed by atoms with Crippen LogP contribution < -0.4 is 14.8 Å². The van der Waals surface area contributed by atoms with Crippen LogP contribution in [0.1, 0.15) is 16.7 Å². The van der Waals surface area contributed by atoms with E-state index in [-0.39, 0.29) is 12.5 Å². The van der Waals surface area contributed by atoms with E-state index >= 15 is 0 Å². The summed E-state index contributed by atoms with van der Waals surface area (Å²) in [6.07, 6.45) is 0. The topological polar surface area (TPSA) is 60.5 Å². The lowest BCUT2D eigenvalue weighted by atomic mass is 10.1. The molecule has 0 saturated carbocycles. The number of hydrogen-bond donors (Lipinski definition) is 1. The van der Waals surface area contributed by atoms with E-state index in [1.54, 1.807) is 7.11 Å². The van der Waals surface area contributed by atoms with Gasteiger partial charge < -0.3 is 9.47 Å². The van der Waals surface area contributed by atoms with Crippen molar-refractivity contribution in [2.45, 2.75) is 20.8 Å². The number of anilines is 1. The molecule has 2 aromatic carbocycles. The van der Waals surface area contributed by atoms with Crippen molar-refractivity contribution in [2.24, 2.45) is 0 Å². The molecule has 0 aliphatic carbocycles. The molecule has 1 aromatic heterocycles. The molecule has 0 bridgehead atoms. The van der Waals surface area contributed by atoms with E-state index in [4.69, 9.17) is 9.47 Å². The van der Waals surface area contributed by atoms with Crippen molar-refractivity contribution in [2.75, 3.05) is 19.0 Å². The van der Waals surface area contributed by atoms with Crippen LogP contribution in [0.25, 0.3) is 11.3 Å². The summed E-state index contributed by atoms with van der Waals surface area (Å²) in [5.41, 5.74) is 4.94. The number of hydrogen-bond acceptors (Lipinski definition) is 5. The molecule has 1 N–H and O–H groups in total. The normalized spacial score (nSPS) is 10.5. The molecule has 6 heteroatoms. The van der Waals surface area contributed by atoms with Gasteiger partial charge in [0.1, 0.15) is 11.5 Å². The molecule has 5 nitrogen and oxygen atoms in total. The minimum atomic E-state index is -0.241. The number of nitrogens with one attached hydrogen (secondary N) is 1. The minimum Gasteiger partial charge on any atom is -0.496 e. The number of amides is 1. The fourth-order valence-corrected chi connectivity index (χ4v) is 3.49. The zero-order valence-electron chi connectivity index (χ0n) is 15.8. The van der Waals surface area contributed by atoms with E-state index < -0.39 is 0 Å². The van der Waals surface area contributed by atoms with E-state index in [0.717, 1.165) is 39.4 Å². The van der Waals surface area contributed by atoms with Crippen molar-refractivity contribution in [3.63, 3.8) is 0 Å². The molecule has 0 atom stereocenters. The van der Waals surface area contributed by atoms with Gasteiger partial charge in [-0.1, -0.05) is 18.2 Å². The Morgan fingerprint density at radius 3 is 2.70 bits per heavy atom. The van der Waals surface area contributed by atoms with Crippen molar-refractivity contribution < 1.29 is 14.3 Å². The zero-order chi connectivity index (χ0) is 19.4. The highest BCUT2D eigenvalue weighted by Crippen LogP contribution is 2.31. The third-order valence-electron chi connectivity index (χ3n) is 4.26. The maximum Gasteiger partial charge on any atom is 0.264 e. The number of para-hydroxylation sites is 1. The second-order valence-corrected chi connectivity index (χ2v) is 7.14. The van der Waals surface area contributed by atoms with Crippen LogP contribution >= 0.6 is 11.3 Å². The lowest BCUT2D eigenvalue weighted by molar-refractivity contribution is -0.118. The minimum absolute atomic E-state index is 0.0622. The van der Waals surface area contributed by atoms with Crippen LogP contribution in [-0.4, -0.2) is 24.6 Å². The van der Waals surface area contributed by atoms with Gasteiger partial charge in [0.25, 0.3) is 5.91 Å². The van der Waals surface area contributed by atoms with Crippen LogP contribution in [0.5, 0.6) is 11.5 Å². The van der Waals surface area contributed by atoms with Crippen molar-refractivity contribution >= 4 is 22.4 Å². The Hall–Kier alpha value is -2.86. The van der Waals surface area contributed by atoms with Crippen LogP contribution in [0.2, 0.25) is 0 Å². The predicted octanol–water partition coefficient (Wildman–Crippen LogP) is 4.76. The van der Waals surface area contributed by atoms with Crippen LogP contribution in [0, 0.1) is 20.8 Å². The Balaban J connectivity index is 1.65. The molecule has 140 valence electrons. The fourth-order valence-electron chi connectivity index (χ4n) is 2.76. The average molecular weight is 382 g/mol. The standard InChI is InChI=1S/C21H22N2O3S/c1-13-9-14(2)15(3)19(10-13)26-11-20(24)23-21-22-17(12-27-21)16-7-5-6-8-18(16)25-4/h5-10,12H,11H2,1-4H3,(H,22,23,24). The van der Waals surface area contributed by atoms with Crippen LogP contribution in [0.4, 0.5) is 5.13 Å². The molecule has 0 saturated heterocycles. The number of carbonyl (C=O) groups excluding carboxylic acids is 1. The number of aryl methyl sites for hydroxylation is 2. The Bertz CT molecular complexity index is 966. The first-order valence-corrected chi connectivity index (χ1v) is 9.45. The van der Waals surface area contributed by atoms with E-state index in [1.165, 1.54) is 11.3 Å². The van der Waals surface area contributed by atoms with Crippen molar-refractivity contribution in [3.05, 3.63) is 58.5 Å². The molecular weight excluding hydrogens is 360 g/mol. The summed E-state index contributed by atoms with van der Waals surface area (Å²) in [6.45, 7) is 5.97. The second kappa shape index (κ2) is 8.22. The molecule has 3 rings (SSSR count). The Kier molecular flexibility index (Phi) is 5.76. The molecule has 27 heavy (non-hydrogen) atoms. The summed E-state index contributed by atoms with van der Waals surface area (Å²) in [5.74, 6) is 1.24. The molecule has 0 fully saturated rings. The van der Waals surface area contributed by atoms with E-state index in [1.807, 2.05) is 56.5 Å². The summed E-state index contributed by atoms with van der Waals surface area (Å²) < 4.78 is 11.1. The van der Waals surface area contributed by atoms with Gasteiger partial charge in [-0.25, -0.2) is 4.98 Å². The van der Waals surface area contributed by atoms with Gasteiger partial charge in [0.2, 0.25) is 0 Å². The number of thiazole rings is 1. The van der Waals surface area contributed by atoms with Crippen molar-refractivity contribution in [3.8, 4) is 22.8 Å². The van der Waals surface area contributed by atoms with Crippen LogP contribution in [-0.2, 0) is 4.79 Å². The largest absolute Gasteiger partial charge is 0.496 e. The number of ether oxygens (including phenoxy) is 2. The first-order chi connectivity index (χ1) is 13.0. The van der Waals surface area contributed by atoms with E-state index in [0.29, 0.717) is 5.13 Å². The van der Waals surface area contributed by atoms with Crippen molar-refractivity contribution in [1.82, 2.24) is 4.98 Å². The molecule has 0 radical (unpaired) electrons. The predicted molar refractivity (Wildman–Crippen MR) is 109 cm³/mol. The van der Waals surface area contributed by atoms with Gasteiger partial charge in [-0.15, -0.1) is 11.3 Å². The quantitative estimate of drug-likeness (QED) is 0.668. The summed E-state index contributed by atoms with van der Waals surface area (Å²) in [6, 6.07) is 11.7. The molecule has 0 aliphatic rings. The first-order valence-electron chi connectivity index (χ1n) is 8.57. The molecule has 0 spiro atoms. The number of benzene rings is 2. The van der Waals surface area contributed by atoms with Gasteiger partial charge in [-0.3, -0.25) is 10.1 Å². The van der Waals surface area contributed by atoms with Gasteiger partial charge in [0.05, 0.1) is 12.8 Å². The maximum absolute atomic E-state index is 12.2. The Morgan fingerprint density at radius 1 is 1.15 bits per heavy atom. The lowest BCUT2D eigenvalue weighted by Crippen LogP contribution is -2.20. The number of rotatable bonds is 6. The maximum atomic E-state index is 12.2. The highest BCUT2D eigenvalue weighted by Gasteiger charge is 2.12. The van der Waals surface area contributed by atoms with Gasteiger partial charge in [0.15, 0.2) is 11.7 Å². The number of methoxy groups -OCH3 is 1.